The molecule has 0 rings (SSSR count). The molecule has 0 aromatic heterocycles. The van der Waals surface area contributed by atoms with Crippen LogP contribution in [0, 0.1) is 0 Å². The molecule has 0 aliphatic carbocycles. The summed E-state index contributed by atoms with van der Waals surface area (Å²) in [5, 5.41) is 0. The average Bonchev–Trinajstić information content (AvgIpc) is 1.14. The molecule has 0 aliphatic rings. The van der Waals surface area contributed by atoms with Crippen LogP contribution < -0.4 is 0 Å². The van der Waals surface area contributed by atoms with Gasteiger partial charge < -0.3 is 4.89 Å². The minimum atomic E-state index is -5.03. The zero-order valence-corrected chi connectivity index (χ0v) is 5.24. The molecule has 0 fully saturated rings. The van der Waals surface area contributed by atoms with Crippen LogP contribution >= 0.6 is 7.60 Å². The van der Waals surface area contributed by atoms with Crippen LogP contribution in [0.1, 0.15) is 0 Å². The first-order chi connectivity index (χ1) is 3.71. The predicted octanol–water partition coefficient (Wildman–Crippen LogP) is 1.34. The molecule has 0 heterocycles. The van der Waals surface area contributed by atoms with E-state index in [0.717, 1.165) is 0 Å². The van der Waals surface area contributed by atoms with E-state index in [1.54, 1.807) is 0 Å². The van der Waals surface area contributed by atoms with E-state index in [1.165, 1.54) is 0 Å². The summed E-state index contributed by atoms with van der Waals surface area (Å²) in [6.07, 6.45) is -5.03. The highest BCUT2D eigenvalue weighted by molar-refractivity contribution is 7.51. The van der Waals surface area contributed by atoms with Gasteiger partial charge in [0.25, 0.3) is 0 Å². The molecule has 0 saturated heterocycles. The average molecular weight is 164 g/mol. The molecule has 1 atom stereocenters. The summed E-state index contributed by atoms with van der Waals surface area (Å²) >= 11 is 0. The van der Waals surface area contributed by atoms with Crippen LogP contribution in [0.2, 0.25) is 0 Å². The van der Waals surface area contributed by atoms with Gasteiger partial charge in [0.2, 0.25) is 0 Å². The van der Waals surface area contributed by atoms with Crippen LogP contribution in [0.4, 0.5) is 13.2 Å². The maximum Gasteiger partial charge on any atom is 0.529 e. The highest BCUT2D eigenvalue weighted by Crippen LogP contribution is 2.43. The van der Waals surface area contributed by atoms with Crippen molar-refractivity contribution in [3.63, 3.8) is 0 Å². The lowest BCUT2D eigenvalue weighted by Gasteiger charge is -2.08. The Bertz CT molecular complexity index is 134. The van der Waals surface area contributed by atoms with E-state index >= 15 is 0 Å². The molecule has 9 heavy (non-hydrogen) atoms. The van der Waals surface area contributed by atoms with Crippen molar-refractivity contribution in [3.05, 3.63) is 0 Å². The van der Waals surface area contributed by atoms with Crippen LogP contribution in [0.15, 0.2) is 0 Å². The Labute approximate surface area is 49.0 Å². The third-order valence-corrected chi connectivity index (χ3v) is 0.819. The Morgan fingerprint density at radius 1 is 1.56 bits per heavy atom. The number of alkyl halides is 3. The molecule has 1 N–H and O–H groups in total. The van der Waals surface area contributed by atoms with Gasteiger partial charge in [-0.25, -0.2) is 4.52 Å². The fraction of sp³-hybridized carbons (Fsp3) is 1.00. The number of halogens is 3. The Morgan fingerprint density at radius 2 is 1.89 bits per heavy atom. The van der Waals surface area contributed by atoms with Gasteiger partial charge in [-0.15, -0.1) is 13.2 Å². The van der Waals surface area contributed by atoms with Gasteiger partial charge in [-0.05, 0) is 0 Å². The number of rotatable bonds is 1. The molecule has 0 saturated carbocycles. The summed E-state index contributed by atoms with van der Waals surface area (Å²) in [5.41, 5.74) is 0. The van der Waals surface area contributed by atoms with Crippen LogP contribution in [0.25, 0.3) is 0 Å². The van der Waals surface area contributed by atoms with E-state index in [0.29, 0.717) is 6.66 Å². The van der Waals surface area contributed by atoms with Crippen LogP contribution in [-0.4, -0.2) is 17.9 Å². The molecular formula is C2H4F3O3P. The Balaban J connectivity index is 3.90. The zero-order chi connectivity index (χ0) is 7.71. The lowest BCUT2D eigenvalue weighted by atomic mass is 11.4. The van der Waals surface area contributed by atoms with Gasteiger partial charge in [-0.3, -0.25) is 4.57 Å². The first-order valence-electron chi connectivity index (χ1n) is 1.78. The molecule has 0 amide bonds. The first kappa shape index (κ1) is 8.94. The number of hydrogen-bond acceptors (Lipinski definition) is 2. The van der Waals surface area contributed by atoms with E-state index < -0.39 is 14.0 Å². The van der Waals surface area contributed by atoms with Gasteiger partial charge in [0, 0.05) is 6.66 Å². The quantitative estimate of drug-likeness (QED) is 0.594. The van der Waals surface area contributed by atoms with Gasteiger partial charge >= 0.3 is 14.0 Å². The maximum absolute atomic E-state index is 11.0. The molecule has 0 bridgehead atoms. The lowest BCUT2D eigenvalue weighted by molar-refractivity contribution is -0.277. The van der Waals surface area contributed by atoms with Crippen molar-refractivity contribution in [2.45, 2.75) is 6.36 Å². The van der Waals surface area contributed by atoms with Gasteiger partial charge in [0.15, 0.2) is 0 Å². The Morgan fingerprint density at radius 3 is 1.89 bits per heavy atom. The predicted molar refractivity (Wildman–Crippen MR) is 22.9 cm³/mol. The van der Waals surface area contributed by atoms with E-state index in [1.807, 2.05) is 0 Å². The van der Waals surface area contributed by atoms with Crippen molar-refractivity contribution >= 4 is 7.60 Å². The van der Waals surface area contributed by atoms with Gasteiger partial charge in [0.05, 0.1) is 0 Å². The van der Waals surface area contributed by atoms with E-state index in [4.69, 9.17) is 4.89 Å². The van der Waals surface area contributed by atoms with Crippen molar-refractivity contribution in [2.24, 2.45) is 0 Å². The standard InChI is InChI=1S/C2H4F3O3P/c1-9(6,7)8-2(3,4)5/h1H3,(H,6,7). The molecule has 0 spiro atoms. The maximum atomic E-state index is 11.0. The molecule has 3 nitrogen and oxygen atoms in total. The molecule has 0 aliphatic heterocycles. The summed E-state index contributed by atoms with van der Waals surface area (Å²) in [5.74, 6) is 0. The van der Waals surface area contributed by atoms with E-state index in [2.05, 4.69) is 4.52 Å². The van der Waals surface area contributed by atoms with Crippen molar-refractivity contribution in [3.8, 4) is 0 Å². The third-order valence-electron chi connectivity index (χ3n) is 0.273. The minimum Gasteiger partial charge on any atom is -0.324 e. The first-order valence-corrected chi connectivity index (χ1v) is 3.81. The molecule has 1 unspecified atom stereocenters. The molecule has 0 aromatic rings. The van der Waals surface area contributed by atoms with E-state index in [9.17, 15) is 17.7 Å². The summed E-state index contributed by atoms with van der Waals surface area (Å²) in [7, 11) is -4.41. The highest BCUT2D eigenvalue weighted by Gasteiger charge is 2.36. The van der Waals surface area contributed by atoms with Gasteiger partial charge in [0.1, 0.15) is 0 Å². The molecule has 0 aromatic carbocycles. The molecule has 0 radical (unpaired) electrons. The monoisotopic (exact) mass is 164 g/mol. The summed E-state index contributed by atoms with van der Waals surface area (Å²) in [4.78, 5) is 7.97. The highest BCUT2D eigenvalue weighted by atomic mass is 31.2. The van der Waals surface area contributed by atoms with Crippen molar-refractivity contribution in [2.75, 3.05) is 6.66 Å². The Hall–Kier alpha value is -0.0600. The fourth-order valence-electron chi connectivity index (χ4n) is 0.192. The number of hydrogen-bond donors (Lipinski definition) is 1. The molecule has 7 heteroatoms. The molecule has 56 valence electrons. The van der Waals surface area contributed by atoms with Gasteiger partial charge in [-0.2, -0.15) is 0 Å². The summed E-state index contributed by atoms with van der Waals surface area (Å²) in [6.45, 7) is 0.459. The van der Waals surface area contributed by atoms with Crippen molar-refractivity contribution < 1.29 is 27.2 Å². The second-order valence-electron chi connectivity index (χ2n) is 1.34. The molecular weight excluding hydrogens is 160 g/mol. The normalized spacial score (nSPS) is 19.2. The second-order valence-corrected chi connectivity index (χ2v) is 3.13. The van der Waals surface area contributed by atoms with Crippen molar-refractivity contribution in [1.82, 2.24) is 0 Å². The van der Waals surface area contributed by atoms with Crippen LogP contribution in [-0.2, 0) is 9.09 Å². The third kappa shape index (κ3) is 7.94. The summed E-state index contributed by atoms with van der Waals surface area (Å²) < 4.78 is 45.6. The summed E-state index contributed by atoms with van der Waals surface area (Å²) in [6, 6.07) is 0. The Kier molecular flexibility index (Phi) is 2.27. The topological polar surface area (TPSA) is 46.5 Å². The van der Waals surface area contributed by atoms with E-state index in [-0.39, 0.29) is 0 Å². The minimum absolute atomic E-state index is 0.459. The van der Waals surface area contributed by atoms with Crippen LogP contribution in [0.5, 0.6) is 0 Å². The second kappa shape index (κ2) is 2.28. The zero-order valence-electron chi connectivity index (χ0n) is 4.34. The van der Waals surface area contributed by atoms with Gasteiger partial charge in [-0.1, -0.05) is 0 Å². The smallest absolute Gasteiger partial charge is 0.324 e. The SMILES string of the molecule is CP(=O)(O)OC(F)(F)F. The lowest BCUT2D eigenvalue weighted by Crippen LogP contribution is -2.10. The fourth-order valence-corrected chi connectivity index (χ4v) is 0.576. The largest absolute Gasteiger partial charge is 0.529 e. The van der Waals surface area contributed by atoms with Crippen LogP contribution in [0.3, 0.4) is 0 Å². The van der Waals surface area contributed by atoms with Crippen molar-refractivity contribution in [1.29, 1.82) is 0 Å².